The maximum atomic E-state index is 12.9. The molecule has 1 atom stereocenters. The number of nitrogens with zero attached hydrogens (tertiary/aromatic N) is 4. The Morgan fingerprint density at radius 1 is 1.23 bits per heavy atom. The fourth-order valence-corrected chi connectivity index (χ4v) is 3.44. The van der Waals surface area contributed by atoms with Crippen LogP contribution in [-0.4, -0.2) is 52.2 Å². The molecule has 0 fully saturated rings. The lowest BCUT2D eigenvalue weighted by atomic mass is 10.1. The summed E-state index contributed by atoms with van der Waals surface area (Å²) in [6.45, 7) is 0. The predicted octanol–water partition coefficient (Wildman–Crippen LogP) is 1.51. The van der Waals surface area contributed by atoms with E-state index in [1.165, 1.54) is 12.0 Å². The molecule has 9 heteroatoms. The zero-order valence-electron chi connectivity index (χ0n) is 16.8. The molecular weight excluding hydrogens is 384 g/mol. The van der Waals surface area contributed by atoms with Gasteiger partial charge in [-0.2, -0.15) is 4.98 Å². The van der Waals surface area contributed by atoms with Crippen molar-refractivity contribution in [3.8, 4) is 5.88 Å². The number of carbonyl (C=O) groups excluding carboxylic acids is 2. The van der Waals surface area contributed by atoms with E-state index in [0.29, 0.717) is 36.8 Å². The Hall–Kier alpha value is -3.75. The summed E-state index contributed by atoms with van der Waals surface area (Å²) in [5.74, 6) is 0.829. The van der Waals surface area contributed by atoms with Crippen LogP contribution in [0.25, 0.3) is 0 Å². The molecule has 2 N–H and O–H groups in total. The topological polar surface area (TPSA) is 113 Å². The van der Waals surface area contributed by atoms with Crippen LogP contribution in [0.1, 0.15) is 34.0 Å². The molecule has 0 bridgehead atoms. The van der Waals surface area contributed by atoms with Gasteiger partial charge in [-0.15, -0.1) is 5.10 Å². The molecule has 1 aliphatic rings. The number of hydrogen-bond acceptors (Lipinski definition) is 6. The number of carbonyl (C=O) groups is 2. The van der Waals surface area contributed by atoms with Crippen LogP contribution in [0.5, 0.6) is 5.88 Å². The average molecular weight is 406 g/mol. The quantitative estimate of drug-likeness (QED) is 0.664. The molecule has 3 aromatic rings. The van der Waals surface area contributed by atoms with Crippen LogP contribution in [0.2, 0.25) is 0 Å². The molecule has 9 nitrogen and oxygen atoms in total. The van der Waals surface area contributed by atoms with E-state index < -0.39 is 11.9 Å². The number of pyridine rings is 1. The van der Waals surface area contributed by atoms with Gasteiger partial charge in [-0.3, -0.25) is 19.6 Å². The molecule has 0 saturated heterocycles. The molecule has 1 aromatic carbocycles. The van der Waals surface area contributed by atoms with Gasteiger partial charge in [0, 0.05) is 19.5 Å². The highest BCUT2D eigenvalue weighted by Gasteiger charge is 2.31. The number of aryl methyl sites for hydroxylation is 1. The Morgan fingerprint density at radius 2 is 2.03 bits per heavy atom. The lowest BCUT2D eigenvalue weighted by Crippen LogP contribution is -2.47. The van der Waals surface area contributed by atoms with Gasteiger partial charge < -0.3 is 10.1 Å². The number of aromatic nitrogens is 4. The first-order chi connectivity index (χ1) is 14.5. The van der Waals surface area contributed by atoms with Gasteiger partial charge in [0.15, 0.2) is 0 Å². The van der Waals surface area contributed by atoms with Gasteiger partial charge in [-0.1, -0.05) is 30.3 Å². The van der Waals surface area contributed by atoms with Crippen LogP contribution >= 0.6 is 0 Å². The van der Waals surface area contributed by atoms with Crippen molar-refractivity contribution >= 4 is 17.6 Å². The van der Waals surface area contributed by atoms with Crippen molar-refractivity contribution < 1.29 is 14.3 Å². The van der Waals surface area contributed by atoms with E-state index >= 15 is 0 Å². The minimum Gasteiger partial charge on any atom is -0.481 e. The number of fused-ring (bicyclic) bond motifs is 1. The Balaban J connectivity index is 1.45. The van der Waals surface area contributed by atoms with Gasteiger partial charge >= 0.3 is 0 Å². The monoisotopic (exact) mass is 406 g/mol. The van der Waals surface area contributed by atoms with Crippen LogP contribution in [0.3, 0.4) is 0 Å². The van der Waals surface area contributed by atoms with Gasteiger partial charge in [0.25, 0.3) is 5.91 Å². The number of methoxy groups -OCH3 is 1. The molecule has 0 saturated carbocycles. The normalized spacial score (nSPS) is 16.0. The number of hydrogen-bond donors (Lipinski definition) is 2. The van der Waals surface area contributed by atoms with E-state index in [1.807, 2.05) is 36.4 Å². The summed E-state index contributed by atoms with van der Waals surface area (Å²) in [6.07, 6.45) is 1.59. The van der Waals surface area contributed by atoms with Crippen molar-refractivity contribution in [3.05, 3.63) is 65.2 Å². The predicted molar refractivity (Wildman–Crippen MR) is 109 cm³/mol. The van der Waals surface area contributed by atoms with E-state index in [-0.39, 0.29) is 11.7 Å². The largest absolute Gasteiger partial charge is 0.481 e. The van der Waals surface area contributed by atoms with E-state index in [9.17, 15) is 9.59 Å². The molecule has 2 amide bonds. The second kappa shape index (κ2) is 8.32. The Kier molecular flexibility index (Phi) is 5.42. The number of amides is 2. The van der Waals surface area contributed by atoms with Gasteiger partial charge in [0.05, 0.1) is 7.11 Å². The lowest BCUT2D eigenvalue weighted by molar-refractivity contribution is -0.120. The summed E-state index contributed by atoms with van der Waals surface area (Å²) in [5, 5.41) is 9.56. The molecular formula is C21H22N6O3. The molecule has 3 heterocycles. The van der Waals surface area contributed by atoms with E-state index in [0.717, 1.165) is 11.1 Å². The second-order valence-electron chi connectivity index (χ2n) is 7.07. The number of ether oxygens (including phenoxy) is 1. The number of benzene rings is 1. The van der Waals surface area contributed by atoms with Crippen LogP contribution in [0.15, 0.2) is 42.5 Å². The van der Waals surface area contributed by atoms with Gasteiger partial charge in [-0.05, 0) is 30.0 Å². The number of rotatable bonds is 5. The average Bonchev–Trinajstić information content (AvgIpc) is 3.20. The number of anilines is 1. The van der Waals surface area contributed by atoms with E-state index in [2.05, 4.69) is 25.5 Å². The van der Waals surface area contributed by atoms with Crippen molar-refractivity contribution in [1.29, 1.82) is 0 Å². The van der Waals surface area contributed by atoms with Crippen molar-refractivity contribution in [2.75, 3.05) is 19.1 Å². The van der Waals surface area contributed by atoms with Crippen LogP contribution in [0, 0.1) is 0 Å². The Labute approximate surface area is 173 Å². The molecule has 1 unspecified atom stereocenters. The minimum absolute atomic E-state index is 0.0120. The highest BCUT2D eigenvalue weighted by Crippen LogP contribution is 2.26. The van der Waals surface area contributed by atoms with Crippen molar-refractivity contribution in [3.63, 3.8) is 0 Å². The van der Waals surface area contributed by atoms with Crippen molar-refractivity contribution in [2.45, 2.75) is 25.3 Å². The summed E-state index contributed by atoms with van der Waals surface area (Å²) in [5.41, 5.74) is 1.98. The standard InChI is InChI=1S/C21H22N6O3/c1-27-19-14(9-11-17(24-19)30-2)8-10-15(21(27)29)22-20(28)18-23-16(25-26-18)12-13-6-4-3-5-7-13/h3-7,9,11,15H,8,10,12H2,1-2H3,(H,22,28)(H,23,25,26). The maximum absolute atomic E-state index is 12.9. The number of likely N-dealkylation sites (N-methyl/N-ethyl adjacent to an activating group) is 1. The van der Waals surface area contributed by atoms with E-state index in [1.54, 1.807) is 13.1 Å². The van der Waals surface area contributed by atoms with Crippen LogP contribution < -0.4 is 15.0 Å². The molecule has 2 aromatic heterocycles. The number of nitrogens with one attached hydrogen (secondary N) is 2. The third-order valence-corrected chi connectivity index (χ3v) is 5.04. The van der Waals surface area contributed by atoms with Crippen molar-refractivity contribution in [2.24, 2.45) is 0 Å². The first kappa shape index (κ1) is 19.6. The number of H-pyrrole nitrogens is 1. The smallest absolute Gasteiger partial charge is 0.291 e. The third kappa shape index (κ3) is 4.00. The molecule has 0 aliphatic carbocycles. The summed E-state index contributed by atoms with van der Waals surface area (Å²) in [7, 11) is 3.17. The Bertz CT molecular complexity index is 1070. The fourth-order valence-electron chi connectivity index (χ4n) is 3.44. The summed E-state index contributed by atoms with van der Waals surface area (Å²) in [4.78, 5) is 35.7. The molecule has 0 radical (unpaired) electrons. The van der Waals surface area contributed by atoms with Crippen LogP contribution in [-0.2, 0) is 17.6 Å². The zero-order chi connectivity index (χ0) is 21.1. The molecule has 4 rings (SSSR count). The van der Waals surface area contributed by atoms with Crippen molar-refractivity contribution in [1.82, 2.24) is 25.5 Å². The second-order valence-corrected chi connectivity index (χ2v) is 7.07. The highest BCUT2D eigenvalue weighted by atomic mass is 16.5. The highest BCUT2D eigenvalue weighted by molar-refractivity contribution is 6.01. The summed E-state index contributed by atoms with van der Waals surface area (Å²) < 4.78 is 5.16. The molecule has 154 valence electrons. The third-order valence-electron chi connectivity index (χ3n) is 5.04. The zero-order valence-corrected chi connectivity index (χ0v) is 16.8. The summed E-state index contributed by atoms with van der Waals surface area (Å²) >= 11 is 0. The van der Waals surface area contributed by atoms with Crippen LogP contribution in [0.4, 0.5) is 5.82 Å². The molecule has 30 heavy (non-hydrogen) atoms. The Morgan fingerprint density at radius 3 is 2.80 bits per heavy atom. The first-order valence-electron chi connectivity index (χ1n) is 9.62. The van der Waals surface area contributed by atoms with Gasteiger partial charge in [0.2, 0.25) is 17.6 Å². The lowest BCUT2D eigenvalue weighted by Gasteiger charge is -2.21. The minimum atomic E-state index is -0.696. The maximum Gasteiger partial charge on any atom is 0.291 e. The first-order valence-corrected chi connectivity index (χ1v) is 9.62. The van der Waals surface area contributed by atoms with Gasteiger partial charge in [0.1, 0.15) is 17.7 Å². The summed E-state index contributed by atoms with van der Waals surface area (Å²) in [6, 6.07) is 12.7. The fraction of sp³-hybridized carbons (Fsp3) is 0.286. The SMILES string of the molecule is COc1ccc2c(n1)N(C)C(=O)C(NC(=O)c1n[nH]c(Cc3ccccc3)n1)CC2. The van der Waals surface area contributed by atoms with Gasteiger partial charge in [-0.25, -0.2) is 4.98 Å². The van der Waals surface area contributed by atoms with E-state index in [4.69, 9.17) is 4.74 Å². The molecule has 1 aliphatic heterocycles. The number of aromatic amines is 1. The molecule has 0 spiro atoms.